The molecule has 0 amide bonds. The molecule has 0 bridgehead atoms. The van der Waals surface area contributed by atoms with Gasteiger partial charge in [-0.15, -0.1) is 0 Å². The topological polar surface area (TPSA) is 75.2 Å². The molecular formula is C15H16N2O3. The molecule has 5 nitrogen and oxygen atoms in total. The van der Waals surface area contributed by atoms with Gasteiger partial charge in [-0.05, 0) is 56.5 Å². The van der Waals surface area contributed by atoms with Crippen LogP contribution in [-0.2, 0) is 6.42 Å². The highest BCUT2D eigenvalue weighted by atomic mass is 16.5. The molecule has 104 valence electrons. The first-order valence-electron chi connectivity index (χ1n) is 6.56. The number of fused-ring (bicyclic) bond motifs is 1. The Morgan fingerprint density at radius 3 is 2.90 bits per heavy atom. The molecule has 0 unspecified atom stereocenters. The van der Waals surface area contributed by atoms with Crippen molar-refractivity contribution in [1.82, 2.24) is 10.2 Å². The van der Waals surface area contributed by atoms with Crippen LogP contribution in [0.4, 0.5) is 0 Å². The molecule has 0 atom stereocenters. The Labute approximate surface area is 116 Å². The maximum absolute atomic E-state index is 10.9. The average Bonchev–Trinajstić information content (AvgIpc) is 2.87. The van der Waals surface area contributed by atoms with Crippen LogP contribution in [0.25, 0.3) is 11.3 Å². The van der Waals surface area contributed by atoms with E-state index in [0.29, 0.717) is 5.69 Å². The van der Waals surface area contributed by atoms with Crippen molar-refractivity contribution in [3.63, 3.8) is 0 Å². The lowest BCUT2D eigenvalue weighted by Crippen LogP contribution is -2.32. The summed E-state index contributed by atoms with van der Waals surface area (Å²) in [5, 5.41) is 15.5. The molecule has 0 aliphatic carbocycles. The number of hydrogen-bond acceptors (Lipinski definition) is 3. The lowest BCUT2D eigenvalue weighted by molar-refractivity contribution is 0.0690. The molecule has 1 aliphatic heterocycles. The van der Waals surface area contributed by atoms with E-state index in [-0.39, 0.29) is 11.3 Å². The summed E-state index contributed by atoms with van der Waals surface area (Å²) in [4.78, 5) is 10.9. The summed E-state index contributed by atoms with van der Waals surface area (Å²) in [5.74, 6) is -0.106. The van der Waals surface area contributed by atoms with Gasteiger partial charge in [0.2, 0.25) is 0 Å². The fraction of sp³-hybridized carbons (Fsp3) is 0.333. The second-order valence-electron chi connectivity index (χ2n) is 5.66. The number of benzene rings is 1. The monoisotopic (exact) mass is 272 g/mol. The number of aromatic nitrogens is 2. The van der Waals surface area contributed by atoms with Crippen LogP contribution in [0.5, 0.6) is 5.75 Å². The predicted octanol–water partition coefficient (Wildman–Crippen LogP) is 2.88. The van der Waals surface area contributed by atoms with Crippen LogP contribution in [-0.4, -0.2) is 26.9 Å². The highest BCUT2D eigenvalue weighted by molar-refractivity contribution is 5.86. The first-order valence-corrected chi connectivity index (χ1v) is 6.56. The zero-order chi connectivity index (χ0) is 14.3. The molecule has 0 spiro atoms. The fourth-order valence-corrected chi connectivity index (χ4v) is 2.40. The number of carbonyl (C=O) groups is 1. The van der Waals surface area contributed by atoms with Crippen LogP contribution in [0.15, 0.2) is 24.3 Å². The van der Waals surface area contributed by atoms with Crippen molar-refractivity contribution in [3.05, 3.63) is 35.5 Å². The van der Waals surface area contributed by atoms with E-state index in [4.69, 9.17) is 9.84 Å². The molecule has 2 aromatic rings. The Morgan fingerprint density at radius 1 is 1.40 bits per heavy atom. The fourth-order valence-electron chi connectivity index (χ4n) is 2.40. The van der Waals surface area contributed by atoms with Crippen LogP contribution in [0.1, 0.15) is 36.3 Å². The number of carboxylic acid groups (broad SMARTS) is 1. The minimum absolute atomic E-state index is 0.0927. The van der Waals surface area contributed by atoms with Crippen LogP contribution in [0.2, 0.25) is 0 Å². The third-order valence-corrected chi connectivity index (χ3v) is 3.55. The minimum Gasteiger partial charge on any atom is -0.488 e. The normalized spacial score (nSPS) is 16.3. The van der Waals surface area contributed by atoms with Gasteiger partial charge in [-0.1, -0.05) is 0 Å². The number of H-pyrrole nitrogens is 1. The highest BCUT2D eigenvalue weighted by Crippen LogP contribution is 2.35. The Kier molecular flexibility index (Phi) is 2.78. The number of carboxylic acids is 1. The predicted molar refractivity (Wildman–Crippen MR) is 74.0 cm³/mol. The SMILES string of the molecule is CC1(C)CCc2cc(-c3cc(C(=O)O)[nH]n3)ccc2O1. The van der Waals surface area contributed by atoms with Gasteiger partial charge in [-0.3, -0.25) is 5.10 Å². The van der Waals surface area contributed by atoms with Crippen molar-refractivity contribution < 1.29 is 14.6 Å². The Morgan fingerprint density at radius 2 is 2.20 bits per heavy atom. The number of hydrogen-bond donors (Lipinski definition) is 2. The first kappa shape index (κ1) is 12.7. The molecule has 2 heterocycles. The number of aromatic amines is 1. The second kappa shape index (κ2) is 4.37. The van der Waals surface area contributed by atoms with Crippen molar-refractivity contribution in [2.45, 2.75) is 32.3 Å². The standard InChI is InChI=1S/C15H16N2O3/c1-15(2)6-5-10-7-9(3-4-13(10)20-15)11-8-12(14(18)19)17-16-11/h3-4,7-8H,5-6H2,1-2H3,(H,16,17)(H,18,19). The molecule has 1 aromatic heterocycles. The van der Waals surface area contributed by atoms with E-state index in [2.05, 4.69) is 24.0 Å². The maximum Gasteiger partial charge on any atom is 0.353 e. The van der Waals surface area contributed by atoms with Crippen LogP contribution < -0.4 is 4.74 Å². The minimum atomic E-state index is -1.01. The molecular weight excluding hydrogens is 256 g/mol. The molecule has 5 heteroatoms. The summed E-state index contributed by atoms with van der Waals surface area (Å²) < 4.78 is 5.93. The van der Waals surface area contributed by atoms with Gasteiger partial charge in [0.1, 0.15) is 17.0 Å². The van der Waals surface area contributed by atoms with E-state index in [9.17, 15) is 4.79 Å². The lowest BCUT2D eigenvalue weighted by atomic mass is 9.93. The van der Waals surface area contributed by atoms with Gasteiger partial charge in [-0.25, -0.2) is 4.79 Å². The van der Waals surface area contributed by atoms with E-state index in [1.807, 2.05) is 18.2 Å². The van der Waals surface area contributed by atoms with Crippen molar-refractivity contribution in [3.8, 4) is 17.0 Å². The van der Waals surface area contributed by atoms with Crippen LogP contribution in [0.3, 0.4) is 0 Å². The zero-order valence-electron chi connectivity index (χ0n) is 11.4. The second-order valence-corrected chi connectivity index (χ2v) is 5.66. The Balaban J connectivity index is 1.94. The highest BCUT2D eigenvalue weighted by Gasteiger charge is 2.26. The number of nitrogens with one attached hydrogen (secondary N) is 1. The van der Waals surface area contributed by atoms with Crippen molar-refractivity contribution in [2.24, 2.45) is 0 Å². The van der Waals surface area contributed by atoms with E-state index in [1.54, 1.807) is 0 Å². The number of ether oxygens (including phenoxy) is 1. The summed E-state index contributed by atoms with van der Waals surface area (Å²) >= 11 is 0. The van der Waals surface area contributed by atoms with Crippen molar-refractivity contribution >= 4 is 5.97 Å². The lowest BCUT2D eigenvalue weighted by Gasteiger charge is -2.32. The van der Waals surface area contributed by atoms with Gasteiger partial charge in [0, 0.05) is 5.56 Å². The quantitative estimate of drug-likeness (QED) is 0.881. The van der Waals surface area contributed by atoms with E-state index < -0.39 is 5.97 Å². The maximum atomic E-state index is 10.9. The van der Waals surface area contributed by atoms with Gasteiger partial charge in [0.25, 0.3) is 0 Å². The van der Waals surface area contributed by atoms with Crippen molar-refractivity contribution in [2.75, 3.05) is 0 Å². The number of nitrogens with zero attached hydrogens (tertiary/aromatic N) is 1. The van der Waals surface area contributed by atoms with E-state index >= 15 is 0 Å². The molecule has 0 saturated heterocycles. The zero-order valence-corrected chi connectivity index (χ0v) is 11.4. The summed E-state index contributed by atoms with van der Waals surface area (Å²) in [5.41, 5.74) is 2.64. The van der Waals surface area contributed by atoms with Gasteiger partial charge in [-0.2, -0.15) is 5.10 Å². The molecule has 2 N–H and O–H groups in total. The average molecular weight is 272 g/mol. The Bertz CT molecular complexity index is 674. The van der Waals surface area contributed by atoms with Crippen LogP contribution >= 0.6 is 0 Å². The third-order valence-electron chi connectivity index (χ3n) is 3.55. The molecule has 0 saturated carbocycles. The molecule has 0 radical (unpaired) electrons. The smallest absolute Gasteiger partial charge is 0.353 e. The number of aromatic carboxylic acids is 1. The van der Waals surface area contributed by atoms with Gasteiger partial charge >= 0.3 is 5.97 Å². The summed E-state index contributed by atoms with van der Waals surface area (Å²) in [6.07, 6.45) is 1.91. The van der Waals surface area contributed by atoms with Gasteiger partial charge in [0.05, 0.1) is 5.69 Å². The largest absolute Gasteiger partial charge is 0.488 e. The summed E-state index contributed by atoms with van der Waals surface area (Å²) in [6, 6.07) is 7.40. The van der Waals surface area contributed by atoms with Crippen molar-refractivity contribution in [1.29, 1.82) is 0 Å². The molecule has 1 aliphatic rings. The summed E-state index contributed by atoms with van der Waals surface area (Å²) in [7, 11) is 0. The van der Waals surface area contributed by atoms with Gasteiger partial charge < -0.3 is 9.84 Å². The van der Waals surface area contributed by atoms with E-state index in [0.717, 1.165) is 29.7 Å². The first-order chi connectivity index (χ1) is 9.44. The summed E-state index contributed by atoms with van der Waals surface area (Å²) in [6.45, 7) is 4.16. The number of aryl methyl sites for hydroxylation is 1. The van der Waals surface area contributed by atoms with Crippen LogP contribution in [0, 0.1) is 0 Å². The molecule has 1 aromatic carbocycles. The third kappa shape index (κ3) is 2.27. The molecule has 20 heavy (non-hydrogen) atoms. The molecule has 3 rings (SSSR count). The van der Waals surface area contributed by atoms with E-state index in [1.165, 1.54) is 6.07 Å². The van der Waals surface area contributed by atoms with Gasteiger partial charge in [0.15, 0.2) is 0 Å². The Hall–Kier alpha value is -2.30. The molecule has 0 fully saturated rings. The number of rotatable bonds is 2.